The zero-order valence-corrected chi connectivity index (χ0v) is 13.8. The van der Waals surface area contributed by atoms with Crippen LogP contribution in [0, 0.1) is 0 Å². The van der Waals surface area contributed by atoms with Gasteiger partial charge in [-0.1, -0.05) is 11.6 Å². The van der Waals surface area contributed by atoms with Crippen LogP contribution in [0.4, 0.5) is 0 Å². The van der Waals surface area contributed by atoms with Crippen molar-refractivity contribution in [2.45, 2.75) is 19.3 Å². The van der Waals surface area contributed by atoms with E-state index in [0.29, 0.717) is 18.0 Å². The number of halogens is 1. The van der Waals surface area contributed by atoms with Crippen LogP contribution in [0.2, 0.25) is 5.02 Å². The van der Waals surface area contributed by atoms with E-state index in [1.807, 2.05) is 12.1 Å². The van der Waals surface area contributed by atoms with Crippen molar-refractivity contribution in [1.82, 2.24) is 15.3 Å². The van der Waals surface area contributed by atoms with E-state index in [4.69, 9.17) is 11.6 Å². The van der Waals surface area contributed by atoms with Crippen LogP contribution in [0.5, 0.6) is 0 Å². The summed E-state index contributed by atoms with van der Waals surface area (Å²) in [5, 5.41) is 3.36. The van der Waals surface area contributed by atoms with Crippen LogP contribution >= 0.6 is 11.6 Å². The third kappa shape index (κ3) is 5.31. The molecule has 2 aromatic rings. The Morgan fingerprint density at radius 1 is 1.41 bits per heavy atom. The van der Waals surface area contributed by atoms with Crippen LogP contribution in [0.3, 0.4) is 0 Å². The molecule has 2 N–H and O–H groups in total. The van der Waals surface area contributed by atoms with Crippen molar-refractivity contribution in [1.29, 1.82) is 0 Å². The van der Waals surface area contributed by atoms with Gasteiger partial charge in [-0.25, -0.2) is 13.4 Å². The SMILES string of the molecule is CS(=O)(=O)CCC(=O)NCCCc1nc2ccc(Cl)cc2[nH]1. The predicted molar refractivity (Wildman–Crippen MR) is 86.8 cm³/mol. The number of carbonyl (C=O) groups is 1. The van der Waals surface area contributed by atoms with Crippen LogP contribution in [0.1, 0.15) is 18.7 Å². The van der Waals surface area contributed by atoms with E-state index < -0.39 is 9.84 Å². The predicted octanol–water partition coefficient (Wildman–Crippen LogP) is 1.70. The number of imidazole rings is 1. The maximum atomic E-state index is 11.5. The molecule has 0 aliphatic heterocycles. The van der Waals surface area contributed by atoms with E-state index in [1.165, 1.54) is 0 Å². The van der Waals surface area contributed by atoms with Crippen molar-refractivity contribution in [2.24, 2.45) is 0 Å². The highest BCUT2D eigenvalue weighted by Crippen LogP contribution is 2.17. The normalized spacial score (nSPS) is 11.7. The standard InChI is InChI=1S/C14H18ClN3O3S/c1-22(20,21)8-6-14(19)16-7-2-3-13-17-11-5-4-10(15)9-12(11)18-13/h4-5,9H,2-3,6-8H2,1H3,(H,16,19)(H,17,18). The second kappa shape index (κ2) is 7.11. The number of aromatic nitrogens is 2. The number of amides is 1. The molecule has 0 aliphatic rings. The second-order valence-electron chi connectivity index (χ2n) is 5.18. The zero-order chi connectivity index (χ0) is 16.2. The van der Waals surface area contributed by atoms with Gasteiger partial charge in [0, 0.05) is 30.7 Å². The van der Waals surface area contributed by atoms with E-state index in [0.717, 1.165) is 29.5 Å². The molecule has 0 radical (unpaired) electrons. The molecule has 6 nitrogen and oxygen atoms in total. The van der Waals surface area contributed by atoms with Crippen molar-refractivity contribution >= 4 is 38.4 Å². The van der Waals surface area contributed by atoms with Gasteiger partial charge in [0.15, 0.2) is 0 Å². The molecule has 0 spiro atoms. The largest absolute Gasteiger partial charge is 0.356 e. The van der Waals surface area contributed by atoms with Crippen molar-refractivity contribution in [3.63, 3.8) is 0 Å². The van der Waals surface area contributed by atoms with Crippen molar-refractivity contribution < 1.29 is 13.2 Å². The molecule has 1 aromatic heterocycles. The van der Waals surface area contributed by atoms with Gasteiger partial charge in [0.1, 0.15) is 15.7 Å². The molecule has 0 saturated heterocycles. The van der Waals surface area contributed by atoms with Gasteiger partial charge in [0.25, 0.3) is 0 Å². The first-order valence-corrected chi connectivity index (χ1v) is 9.36. The minimum atomic E-state index is -3.10. The first-order chi connectivity index (χ1) is 10.3. The number of carbonyl (C=O) groups excluding carboxylic acids is 1. The highest BCUT2D eigenvalue weighted by atomic mass is 35.5. The topological polar surface area (TPSA) is 91.9 Å². The monoisotopic (exact) mass is 343 g/mol. The maximum Gasteiger partial charge on any atom is 0.221 e. The van der Waals surface area contributed by atoms with Crippen LogP contribution in [0.25, 0.3) is 11.0 Å². The summed E-state index contributed by atoms with van der Waals surface area (Å²) in [6.45, 7) is 0.487. The molecule has 0 atom stereocenters. The van der Waals surface area contributed by atoms with Gasteiger partial charge >= 0.3 is 0 Å². The van der Waals surface area contributed by atoms with Crippen LogP contribution in [-0.4, -0.2) is 42.8 Å². The van der Waals surface area contributed by atoms with Gasteiger partial charge in [-0.05, 0) is 24.6 Å². The summed E-state index contributed by atoms with van der Waals surface area (Å²) in [5.74, 6) is 0.466. The Morgan fingerprint density at radius 3 is 2.91 bits per heavy atom. The number of nitrogens with one attached hydrogen (secondary N) is 2. The number of fused-ring (bicyclic) bond motifs is 1. The molecule has 8 heteroatoms. The average Bonchev–Trinajstić information content (AvgIpc) is 2.82. The van der Waals surface area contributed by atoms with Crippen LogP contribution in [0.15, 0.2) is 18.2 Å². The first-order valence-electron chi connectivity index (χ1n) is 6.92. The summed E-state index contributed by atoms with van der Waals surface area (Å²) >= 11 is 5.91. The number of aromatic amines is 1. The molecule has 0 bridgehead atoms. The molecule has 0 fully saturated rings. The van der Waals surface area contributed by atoms with Gasteiger partial charge in [0.05, 0.1) is 16.8 Å². The van der Waals surface area contributed by atoms with E-state index in [-0.39, 0.29) is 18.1 Å². The molecule has 120 valence electrons. The zero-order valence-electron chi connectivity index (χ0n) is 12.2. The summed E-state index contributed by atoms with van der Waals surface area (Å²) in [6, 6.07) is 5.46. The molecule has 1 aromatic carbocycles. The number of nitrogens with zero attached hydrogens (tertiary/aromatic N) is 1. The maximum absolute atomic E-state index is 11.5. The Labute approximate surface area is 134 Å². The third-order valence-corrected chi connectivity index (χ3v) is 4.29. The van der Waals surface area contributed by atoms with Crippen LogP contribution in [-0.2, 0) is 21.1 Å². The van der Waals surface area contributed by atoms with E-state index in [1.54, 1.807) is 6.07 Å². The molecule has 22 heavy (non-hydrogen) atoms. The minimum Gasteiger partial charge on any atom is -0.356 e. The summed E-state index contributed by atoms with van der Waals surface area (Å²) in [5.41, 5.74) is 1.75. The van der Waals surface area contributed by atoms with Crippen LogP contribution < -0.4 is 5.32 Å². The summed E-state index contributed by atoms with van der Waals surface area (Å²) in [4.78, 5) is 19.1. The Morgan fingerprint density at radius 2 is 2.18 bits per heavy atom. The Hall–Kier alpha value is -1.60. The molecular weight excluding hydrogens is 326 g/mol. The van der Waals surface area contributed by atoms with Crippen molar-refractivity contribution in [3.8, 4) is 0 Å². The average molecular weight is 344 g/mol. The van der Waals surface area contributed by atoms with E-state index >= 15 is 0 Å². The molecule has 0 aliphatic carbocycles. The Kier molecular flexibility index (Phi) is 5.42. The highest BCUT2D eigenvalue weighted by Gasteiger charge is 2.08. The Bertz CT molecular complexity index is 771. The lowest BCUT2D eigenvalue weighted by Crippen LogP contribution is -2.26. The summed E-state index contributed by atoms with van der Waals surface area (Å²) < 4.78 is 21.9. The number of sulfone groups is 1. The minimum absolute atomic E-state index is 0.00195. The molecule has 1 amide bonds. The fourth-order valence-corrected chi connectivity index (χ4v) is 2.73. The summed E-state index contributed by atoms with van der Waals surface area (Å²) in [7, 11) is -3.10. The lowest BCUT2D eigenvalue weighted by molar-refractivity contribution is -0.120. The molecular formula is C14H18ClN3O3S. The number of hydrogen-bond donors (Lipinski definition) is 2. The Balaban J connectivity index is 1.75. The fraction of sp³-hybridized carbons (Fsp3) is 0.429. The first kappa shape index (κ1) is 16.8. The third-order valence-electron chi connectivity index (χ3n) is 3.11. The highest BCUT2D eigenvalue weighted by molar-refractivity contribution is 7.90. The number of H-pyrrole nitrogens is 1. The van der Waals surface area contributed by atoms with E-state index in [9.17, 15) is 13.2 Å². The molecule has 0 saturated carbocycles. The quantitative estimate of drug-likeness (QED) is 0.748. The van der Waals surface area contributed by atoms with Gasteiger partial charge in [-0.2, -0.15) is 0 Å². The van der Waals surface area contributed by atoms with Gasteiger partial charge in [-0.3, -0.25) is 4.79 Å². The van der Waals surface area contributed by atoms with Gasteiger partial charge in [0.2, 0.25) is 5.91 Å². The van der Waals surface area contributed by atoms with Gasteiger partial charge in [-0.15, -0.1) is 0 Å². The second-order valence-corrected chi connectivity index (χ2v) is 7.87. The molecule has 1 heterocycles. The number of benzene rings is 1. The lowest BCUT2D eigenvalue weighted by atomic mass is 10.3. The summed E-state index contributed by atoms with van der Waals surface area (Å²) in [6.07, 6.45) is 2.53. The smallest absolute Gasteiger partial charge is 0.221 e. The molecule has 0 unspecified atom stereocenters. The van der Waals surface area contributed by atoms with Gasteiger partial charge < -0.3 is 10.3 Å². The van der Waals surface area contributed by atoms with Crippen molar-refractivity contribution in [3.05, 3.63) is 29.0 Å². The molecule has 2 rings (SSSR count). The lowest BCUT2D eigenvalue weighted by Gasteiger charge is -2.03. The fourth-order valence-electron chi connectivity index (χ4n) is 2.00. The number of rotatable bonds is 7. The van der Waals surface area contributed by atoms with E-state index in [2.05, 4.69) is 15.3 Å². The number of aryl methyl sites for hydroxylation is 1. The number of hydrogen-bond acceptors (Lipinski definition) is 4. The van der Waals surface area contributed by atoms with Crippen molar-refractivity contribution in [2.75, 3.05) is 18.6 Å².